The van der Waals surface area contributed by atoms with E-state index < -0.39 is 24.6 Å². The van der Waals surface area contributed by atoms with Crippen LogP contribution in [-0.2, 0) is 14.3 Å². The summed E-state index contributed by atoms with van der Waals surface area (Å²) in [5.74, 6) is -1.55. The average Bonchev–Trinajstić information content (AvgIpc) is 2.39. The van der Waals surface area contributed by atoms with Gasteiger partial charge in [0.05, 0.1) is 22.9 Å². The van der Waals surface area contributed by atoms with Crippen LogP contribution in [0, 0.1) is 0 Å². The highest BCUT2D eigenvalue weighted by Gasteiger charge is 2.13. The number of carbonyl (C=O) groups excluding carboxylic acids is 3. The molecule has 1 aromatic carbocycles. The molecular weight excluding hydrogens is 288 g/mol. The third-order valence-corrected chi connectivity index (χ3v) is 2.43. The van der Waals surface area contributed by atoms with Gasteiger partial charge in [0.2, 0.25) is 0 Å². The minimum absolute atomic E-state index is 0.128. The monoisotopic (exact) mass is 300 g/mol. The lowest BCUT2D eigenvalue weighted by Gasteiger charge is -2.06. The first-order valence-electron chi connectivity index (χ1n) is 5.62. The molecule has 0 saturated carbocycles. The Morgan fingerprint density at radius 2 is 2.00 bits per heavy atom. The molecule has 108 valence electrons. The number of hydrogen-bond donors (Lipinski definition) is 2. The number of imide groups is 1. The Balaban J connectivity index is 2.48. The second kappa shape index (κ2) is 7.34. The van der Waals surface area contributed by atoms with Crippen LogP contribution in [0.5, 0.6) is 0 Å². The number of nitrogens with two attached hydrogens (primary N) is 1. The van der Waals surface area contributed by atoms with Gasteiger partial charge in [0.25, 0.3) is 5.91 Å². The van der Waals surface area contributed by atoms with Gasteiger partial charge in [0, 0.05) is 0 Å². The molecule has 20 heavy (non-hydrogen) atoms. The van der Waals surface area contributed by atoms with Crippen LogP contribution in [0.25, 0.3) is 0 Å². The fourth-order valence-corrected chi connectivity index (χ4v) is 1.32. The normalized spacial score (nSPS) is 9.70. The number of carbonyl (C=O) groups is 3. The zero-order chi connectivity index (χ0) is 15.1. The molecule has 1 rings (SSSR count). The highest BCUT2D eigenvalue weighted by Crippen LogP contribution is 2.19. The lowest BCUT2D eigenvalue weighted by molar-refractivity contribution is -0.123. The number of nitrogens with one attached hydrogen (secondary N) is 1. The van der Waals surface area contributed by atoms with E-state index >= 15 is 0 Å². The molecule has 8 heteroatoms. The third kappa shape index (κ3) is 4.77. The SMILES string of the molecule is CCOC(=O)NC(=O)COC(=O)c1ccc(Cl)c(N)c1. The summed E-state index contributed by atoms with van der Waals surface area (Å²) in [5, 5.41) is 2.19. The molecule has 2 amide bonds. The first-order chi connectivity index (χ1) is 9.43. The molecule has 0 atom stereocenters. The Hall–Kier alpha value is -2.28. The summed E-state index contributed by atoms with van der Waals surface area (Å²) < 4.78 is 9.20. The number of benzene rings is 1. The number of hydrogen-bond acceptors (Lipinski definition) is 6. The predicted molar refractivity (Wildman–Crippen MR) is 71.3 cm³/mol. The van der Waals surface area contributed by atoms with Gasteiger partial charge in [-0.2, -0.15) is 0 Å². The lowest BCUT2D eigenvalue weighted by atomic mass is 10.2. The minimum Gasteiger partial charge on any atom is -0.452 e. The number of amides is 2. The van der Waals surface area contributed by atoms with Crippen molar-refractivity contribution in [1.29, 1.82) is 0 Å². The first kappa shape index (κ1) is 15.8. The van der Waals surface area contributed by atoms with Crippen molar-refractivity contribution in [3.8, 4) is 0 Å². The molecule has 7 nitrogen and oxygen atoms in total. The molecule has 0 radical (unpaired) electrons. The van der Waals surface area contributed by atoms with Gasteiger partial charge in [0.1, 0.15) is 0 Å². The van der Waals surface area contributed by atoms with E-state index in [-0.39, 0.29) is 17.9 Å². The molecule has 0 heterocycles. The smallest absolute Gasteiger partial charge is 0.413 e. The van der Waals surface area contributed by atoms with Gasteiger partial charge in [-0.05, 0) is 25.1 Å². The zero-order valence-electron chi connectivity index (χ0n) is 10.6. The van der Waals surface area contributed by atoms with Crippen molar-refractivity contribution < 1.29 is 23.9 Å². The molecule has 0 fully saturated rings. The largest absolute Gasteiger partial charge is 0.452 e. The van der Waals surface area contributed by atoms with Crippen LogP contribution in [0.4, 0.5) is 10.5 Å². The van der Waals surface area contributed by atoms with Gasteiger partial charge in [-0.15, -0.1) is 0 Å². The topological polar surface area (TPSA) is 108 Å². The number of esters is 1. The van der Waals surface area contributed by atoms with E-state index in [0.29, 0.717) is 5.02 Å². The number of halogens is 1. The summed E-state index contributed by atoms with van der Waals surface area (Å²) in [7, 11) is 0. The van der Waals surface area contributed by atoms with Crippen LogP contribution in [0.1, 0.15) is 17.3 Å². The Morgan fingerprint density at radius 1 is 1.30 bits per heavy atom. The van der Waals surface area contributed by atoms with Crippen LogP contribution in [-0.4, -0.2) is 31.2 Å². The molecule has 0 bridgehead atoms. The van der Waals surface area contributed by atoms with E-state index in [9.17, 15) is 14.4 Å². The Kier molecular flexibility index (Phi) is 5.79. The van der Waals surface area contributed by atoms with E-state index in [2.05, 4.69) is 4.74 Å². The third-order valence-electron chi connectivity index (χ3n) is 2.08. The summed E-state index contributed by atoms with van der Waals surface area (Å²) in [6.07, 6.45) is -0.899. The van der Waals surface area contributed by atoms with Crippen molar-refractivity contribution in [2.75, 3.05) is 18.9 Å². The summed E-state index contributed by atoms with van der Waals surface area (Å²) in [4.78, 5) is 33.8. The van der Waals surface area contributed by atoms with Gasteiger partial charge in [-0.1, -0.05) is 11.6 Å². The van der Waals surface area contributed by atoms with E-state index in [0.717, 1.165) is 0 Å². The molecule has 0 aliphatic heterocycles. The number of ether oxygens (including phenoxy) is 2. The molecule has 0 spiro atoms. The summed E-state index contributed by atoms with van der Waals surface area (Å²) in [6.45, 7) is 1.11. The maximum Gasteiger partial charge on any atom is 0.413 e. The van der Waals surface area contributed by atoms with E-state index in [1.54, 1.807) is 6.92 Å². The van der Waals surface area contributed by atoms with Crippen LogP contribution < -0.4 is 11.1 Å². The molecule has 1 aromatic rings. The molecule has 3 N–H and O–H groups in total. The molecule has 0 aliphatic rings. The fraction of sp³-hybridized carbons (Fsp3) is 0.250. The summed E-state index contributed by atoms with van der Waals surface area (Å²) >= 11 is 5.71. The maximum atomic E-state index is 11.6. The second-order valence-electron chi connectivity index (χ2n) is 3.58. The number of alkyl carbamates (subject to hydrolysis) is 1. The molecule has 0 aliphatic carbocycles. The van der Waals surface area contributed by atoms with E-state index in [4.69, 9.17) is 22.1 Å². The Morgan fingerprint density at radius 3 is 2.60 bits per heavy atom. The highest BCUT2D eigenvalue weighted by atomic mass is 35.5. The van der Waals surface area contributed by atoms with Crippen molar-refractivity contribution in [2.45, 2.75) is 6.92 Å². The number of rotatable bonds is 4. The van der Waals surface area contributed by atoms with Crippen molar-refractivity contribution in [3.05, 3.63) is 28.8 Å². The van der Waals surface area contributed by atoms with Crippen molar-refractivity contribution >= 4 is 35.3 Å². The van der Waals surface area contributed by atoms with E-state index in [1.165, 1.54) is 18.2 Å². The minimum atomic E-state index is -0.899. The van der Waals surface area contributed by atoms with Crippen molar-refractivity contribution in [3.63, 3.8) is 0 Å². The van der Waals surface area contributed by atoms with Crippen molar-refractivity contribution in [1.82, 2.24) is 5.32 Å². The lowest BCUT2D eigenvalue weighted by Crippen LogP contribution is -2.34. The summed E-state index contributed by atoms with van der Waals surface area (Å²) in [5.41, 5.74) is 5.90. The average molecular weight is 301 g/mol. The second-order valence-corrected chi connectivity index (χ2v) is 3.99. The zero-order valence-corrected chi connectivity index (χ0v) is 11.4. The quantitative estimate of drug-likeness (QED) is 0.642. The van der Waals surface area contributed by atoms with Gasteiger partial charge < -0.3 is 15.2 Å². The highest BCUT2D eigenvalue weighted by molar-refractivity contribution is 6.33. The van der Waals surface area contributed by atoms with E-state index in [1.807, 2.05) is 5.32 Å². The first-order valence-corrected chi connectivity index (χ1v) is 6.00. The Labute approximate surface area is 120 Å². The predicted octanol–water partition coefficient (Wildman–Crippen LogP) is 1.35. The Bertz CT molecular complexity index is 533. The fourth-order valence-electron chi connectivity index (χ4n) is 1.20. The van der Waals surface area contributed by atoms with Crippen LogP contribution in [0.3, 0.4) is 0 Å². The van der Waals surface area contributed by atoms with Crippen LogP contribution in [0.2, 0.25) is 5.02 Å². The standard InChI is InChI=1S/C12H13ClN2O5/c1-2-19-12(18)15-10(16)6-20-11(17)7-3-4-8(13)9(14)5-7/h3-5H,2,6,14H2,1H3,(H,15,16,18). The van der Waals surface area contributed by atoms with Gasteiger partial charge >= 0.3 is 12.1 Å². The molecule has 0 aromatic heterocycles. The molecular formula is C12H13ClN2O5. The molecule has 0 saturated heterocycles. The molecule has 0 unspecified atom stereocenters. The van der Waals surface area contributed by atoms with Crippen LogP contribution >= 0.6 is 11.6 Å². The summed E-state index contributed by atoms with van der Waals surface area (Å²) in [6, 6.07) is 4.17. The van der Waals surface area contributed by atoms with Gasteiger partial charge in [0.15, 0.2) is 6.61 Å². The van der Waals surface area contributed by atoms with Gasteiger partial charge in [-0.3, -0.25) is 10.1 Å². The number of anilines is 1. The van der Waals surface area contributed by atoms with Gasteiger partial charge in [-0.25, -0.2) is 9.59 Å². The van der Waals surface area contributed by atoms with Crippen molar-refractivity contribution in [2.24, 2.45) is 0 Å². The number of nitrogen functional groups attached to an aromatic ring is 1. The maximum absolute atomic E-state index is 11.6. The van der Waals surface area contributed by atoms with Crippen LogP contribution in [0.15, 0.2) is 18.2 Å².